The van der Waals surface area contributed by atoms with E-state index in [4.69, 9.17) is 4.74 Å². The van der Waals surface area contributed by atoms with Gasteiger partial charge in [0.25, 0.3) is 0 Å². The number of benzene rings is 1. The molecule has 0 bridgehead atoms. The summed E-state index contributed by atoms with van der Waals surface area (Å²) in [5.74, 6) is 0.231. The van der Waals surface area contributed by atoms with Gasteiger partial charge < -0.3 is 9.47 Å². The minimum absolute atomic E-state index is 0.0584. The lowest BCUT2D eigenvalue weighted by Crippen LogP contribution is -2.37. The second kappa shape index (κ2) is 7.13. The molecule has 2 heterocycles. The van der Waals surface area contributed by atoms with E-state index in [0.717, 1.165) is 17.1 Å². The molecule has 1 aliphatic heterocycles. The Kier molecular flexibility index (Phi) is 4.97. The second-order valence-electron chi connectivity index (χ2n) is 4.95. The SMILES string of the molecule is FC(F)Oc1ccccc1CN1CCO[C@H](c2nccs2)C1. The van der Waals surface area contributed by atoms with Crippen LogP contribution < -0.4 is 4.74 Å². The average Bonchev–Trinajstić information content (AvgIpc) is 3.03. The Morgan fingerprint density at radius 3 is 3.05 bits per heavy atom. The fraction of sp³-hybridized carbons (Fsp3) is 0.400. The van der Waals surface area contributed by atoms with E-state index < -0.39 is 6.61 Å². The molecule has 0 unspecified atom stereocenters. The molecule has 0 radical (unpaired) electrons. The molecule has 0 saturated carbocycles. The highest BCUT2D eigenvalue weighted by Gasteiger charge is 2.24. The third-order valence-corrected chi connectivity index (χ3v) is 4.33. The number of hydrogen-bond donors (Lipinski definition) is 0. The van der Waals surface area contributed by atoms with Crippen LogP contribution in [-0.4, -0.2) is 36.2 Å². The number of para-hydroxylation sites is 1. The summed E-state index contributed by atoms with van der Waals surface area (Å²) >= 11 is 1.56. The van der Waals surface area contributed by atoms with E-state index in [1.165, 1.54) is 0 Å². The highest BCUT2D eigenvalue weighted by molar-refractivity contribution is 7.09. The average molecular weight is 326 g/mol. The van der Waals surface area contributed by atoms with E-state index in [1.807, 2.05) is 17.5 Å². The zero-order chi connectivity index (χ0) is 15.4. The topological polar surface area (TPSA) is 34.6 Å². The maximum atomic E-state index is 12.5. The summed E-state index contributed by atoms with van der Waals surface area (Å²) in [6, 6.07) is 6.90. The molecule has 4 nitrogen and oxygen atoms in total. The quantitative estimate of drug-likeness (QED) is 0.844. The van der Waals surface area contributed by atoms with Gasteiger partial charge in [0.05, 0.1) is 6.61 Å². The molecule has 1 atom stereocenters. The summed E-state index contributed by atoms with van der Waals surface area (Å²) in [6.07, 6.45) is 1.70. The number of halogens is 2. The number of ether oxygens (including phenoxy) is 2. The largest absolute Gasteiger partial charge is 0.434 e. The van der Waals surface area contributed by atoms with Gasteiger partial charge in [-0.3, -0.25) is 4.90 Å². The Bertz CT molecular complexity index is 595. The Balaban J connectivity index is 1.68. The summed E-state index contributed by atoms with van der Waals surface area (Å²) in [5, 5.41) is 2.87. The van der Waals surface area contributed by atoms with E-state index in [1.54, 1.807) is 29.7 Å². The molecule has 3 rings (SSSR count). The van der Waals surface area contributed by atoms with Gasteiger partial charge in [-0.2, -0.15) is 8.78 Å². The molecule has 0 amide bonds. The van der Waals surface area contributed by atoms with Gasteiger partial charge in [0.1, 0.15) is 16.9 Å². The molecule has 1 aliphatic rings. The van der Waals surface area contributed by atoms with Gasteiger partial charge in [-0.05, 0) is 6.07 Å². The maximum absolute atomic E-state index is 12.5. The summed E-state index contributed by atoms with van der Waals surface area (Å²) in [5.41, 5.74) is 0.752. The van der Waals surface area contributed by atoms with Gasteiger partial charge in [0.2, 0.25) is 0 Å². The lowest BCUT2D eigenvalue weighted by atomic mass is 10.1. The van der Waals surface area contributed by atoms with Crippen molar-refractivity contribution < 1.29 is 18.3 Å². The van der Waals surface area contributed by atoms with Crippen molar-refractivity contribution in [1.82, 2.24) is 9.88 Å². The van der Waals surface area contributed by atoms with Gasteiger partial charge in [-0.25, -0.2) is 4.98 Å². The molecule has 118 valence electrons. The number of aromatic nitrogens is 1. The third kappa shape index (κ3) is 3.79. The molecule has 0 N–H and O–H groups in total. The number of alkyl halides is 2. The standard InChI is InChI=1S/C15H16F2N2O2S/c16-15(17)21-12-4-2-1-3-11(12)9-19-6-7-20-13(10-19)14-18-5-8-22-14/h1-5,8,13,15H,6-7,9-10H2/t13-/m0/s1. The van der Waals surface area contributed by atoms with Crippen molar-refractivity contribution >= 4 is 11.3 Å². The van der Waals surface area contributed by atoms with E-state index >= 15 is 0 Å². The fourth-order valence-corrected chi connectivity index (χ4v) is 3.15. The summed E-state index contributed by atoms with van der Waals surface area (Å²) in [7, 11) is 0. The Morgan fingerprint density at radius 1 is 1.41 bits per heavy atom. The molecule has 2 aromatic rings. The minimum Gasteiger partial charge on any atom is -0.434 e. The first-order valence-electron chi connectivity index (χ1n) is 6.98. The zero-order valence-electron chi connectivity index (χ0n) is 11.8. The second-order valence-corrected chi connectivity index (χ2v) is 5.88. The first kappa shape index (κ1) is 15.3. The van der Waals surface area contributed by atoms with Crippen molar-refractivity contribution in [2.24, 2.45) is 0 Å². The first-order valence-corrected chi connectivity index (χ1v) is 7.86. The smallest absolute Gasteiger partial charge is 0.387 e. The molecule has 1 fully saturated rings. The van der Waals surface area contributed by atoms with E-state index in [2.05, 4.69) is 14.6 Å². The van der Waals surface area contributed by atoms with Crippen LogP contribution in [0.25, 0.3) is 0 Å². The first-order chi connectivity index (χ1) is 10.7. The van der Waals surface area contributed by atoms with Gasteiger partial charge in [-0.15, -0.1) is 11.3 Å². The normalized spacial score (nSPS) is 19.5. The van der Waals surface area contributed by atoms with Gasteiger partial charge >= 0.3 is 6.61 Å². The molecule has 22 heavy (non-hydrogen) atoms. The summed E-state index contributed by atoms with van der Waals surface area (Å²) in [6.45, 7) is -0.216. The van der Waals surface area contributed by atoms with Crippen LogP contribution in [0.1, 0.15) is 16.7 Å². The Hall–Kier alpha value is -1.57. The molecule has 0 aliphatic carbocycles. The lowest BCUT2D eigenvalue weighted by Gasteiger charge is -2.32. The van der Waals surface area contributed by atoms with E-state index in [9.17, 15) is 8.78 Å². The number of nitrogens with zero attached hydrogens (tertiary/aromatic N) is 2. The van der Waals surface area contributed by atoms with Gasteiger partial charge in [-0.1, -0.05) is 18.2 Å². The number of rotatable bonds is 5. The van der Waals surface area contributed by atoms with Crippen molar-refractivity contribution in [3.63, 3.8) is 0 Å². The minimum atomic E-state index is -2.81. The van der Waals surface area contributed by atoms with Crippen molar-refractivity contribution in [3.05, 3.63) is 46.4 Å². The molecule has 1 aromatic carbocycles. The molecule has 1 saturated heterocycles. The molecular formula is C15H16F2N2O2S. The molecule has 7 heteroatoms. The van der Waals surface area contributed by atoms with Crippen LogP contribution in [0.15, 0.2) is 35.8 Å². The Morgan fingerprint density at radius 2 is 2.27 bits per heavy atom. The number of morpholine rings is 1. The molecule has 1 aromatic heterocycles. The van der Waals surface area contributed by atoms with Crippen LogP contribution in [0, 0.1) is 0 Å². The van der Waals surface area contributed by atoms with Crippen LogP contribution in [0.4, 0.5) is 8.78 Å². The van der Waals surface area contributed by atoms with Gasteiger partial charge in [0, 0.05) is 36.8 Å². The van der Waals surface area contributed by atoms with Crippen molar-refractivity contribution in [2.75, 3.05) is 19.7 Å². The van der Waals surface area contributed by atoms with Gasteiger partial charge in [0.15, 0.2) is 0 Å². The van der Waals surface area contributed by atoms with Crippen LogP contribution in [0.5, 0.6) is 5.75 Å². The zero-order valence-corrected chi connectivity index (χ0v) is 12.6. The Labute approximate surface area is 131 Å². The number of thiazole rings is 1. The van der Waals surface area contributed by atoms with E-state index in [-0.39, 0.29) is 11.9 Å². The predicted molar refractivity (Wildman–Crippen MR) is 79.2 cm³/mol. The van der Waals surface area contributed by atoms with Crippen molar-refractivity contribution in [2.45, 2.75) is 19.3 Å². The maximum Gasteiger partial charge on any atom is 0.387 e. The van der Waals surface area contributed by atoms with Crippen LogP contribution in [0.2, 0.25) is 0 Å². The number of hydrogen-bond acceptors (Lipinski definition) is 5. The lowest BCUT2D eigenvalue weighted by molar-refractivity contribution is -0.0527. The van der Waals surface area contributed by atoms with Crippen molar-refractivity contribution in [3.8, 4) is 5.75 Å². The fourth-order valence-electron chi connectivity index (χ4n) is 2.48. The summed E-state index contributed by atoms with van der Waals surface area (Å²) in [4.78, 5) is 6.45. The monoisotopic (exact) mass is 326 g/mol. The highest BCUT2D eigenvalue weighted by atomic mass is 32.1. The van der Waals surface area contributed by atoms with Crippen LogP contribution in [-0.2, 0) is 11.3 Å². The molecule has 0 spiro atoms. The van der Waals surface area contributed by atoms with Crippen LogP contribution in [0.3, 0.4) is 0 Å². The van der Waals surface area contributed by atoms with Crippen LogP contribution >= 0.6 is 11.3 Å². The van der Waals surface area contributed by atoms with Crippen molar-refractivity contribution in [1.29, 1.82) is 0 Å². The third-order valence-electron chi connectivity index (χ3n) is 3.46. The van der Waals surface area contributed by atoms with E-state index in [0.29, 0.717) is 19.7 Å². The molecular weight excluding hydrogens is 310 g/mol. The highest BCUT2D eigenvalue weighted by Crippen LogP contribution is 2.27. The summed E-state index contributed by atoms with van der Waals surface area (Å²) < 4.78 is 35.3. The predicted octanol–water partition coefficient (Wildman–Crippen LogP) is 3.32.